The lowest BCUT2D eigenvalue weighted by Crippen LogP contribution is -2.16. The van der Waals surface area contributed by atoms with Crippen LogP contribution in [0.25, 0.3) is 22.4 Å². The Kier molecular flexibility index (Phi) is 4.62. The number of hydrogen-bond acceptors (Lipinski definition) is 5. The third-order valence-electron chi connectivity index (χ3n) is 4.83. The molecule has 0 aliphatic heterocycles. The Morgan fingerprint density at radius 1 is 1.24 bits per heavy atom. The van der Waals surface area contributed by atoms with Crippen LogP contribution < -0.4 is 5.32 Å². The molecule has 0 aliphatic rings. The number of fused-ring (bicyclic) bond motifs is 1. The van der Waals surface area contributed by atoms with Gasteiger partial charge in [0.25, 0.3) is 11.6 Å². The van der Waals surface area contributed by atoms with Gasteiger partial charge in [-0.3, -0.25) is 10.1 Å². The van der Waals surface area contributed by atoms with Gasteiger partial charge in [0.05, 0.1) is 28.5 Å². The Balaban J connectivity index is 1.70. The van der Waals surface area contributed by atoms with Crippen molar-refractivity contribution in [3.8, 4) is 11.3 Å². The largest absolute Gasteiger partial charge is 0.336 e. The molecule has 0 spiro atoms. The van der Waals surface area contributed by atoms with Crippen LogP contribution in [-0.4, -0.2) is 25.6 Å². The van der Waals surface area contributed by atoms with E-state index in [1.807, 2.05) is 13.8 Å². The van der Waals surface area contributed by atoms with Crippen molar-refractivity contribution in [2.45, 2.75) is 26.7 Å². The van der Waals surface area contributed by atoms with Gasteiger partial charge < -0.3 is 9.09 Å². The molecule has 0 unspecified atom stereocenters. The number of amides is 1. The smallest absolute Gasteiger partial charge is 0.259 e. The van der Waals surface area contributed by atoms with Crippen molar-refractivity contribution in [1.82, 2.24) is 19.7 Å². The molecule has 1 amide bonds. The molecular formula is C21H20FN5O2. The molecule has 3 heterocycles. The van der Waals surface area contributed by atoms with Gasteiger partial charge in [-0.05, 0) is 43.2 Å². The molecule has 1 N–H and O–H groups in total. The van der Waals surface area contributed by atoms with Crippen molar-refractivity contribution in [1.29, 1.82) is 0 Å². The average molecular weight is 393 g/mol. The summed E-state index contributed by atoms with van der Waals surface area (Å²) in [6.07, 6.45) is 1.63. The summed E-state index contributed by atoms with van der Waals surface area (Å²) in [6.45, 7) is 5.76. The maximum atomic E-state index is 13.2. The van der Waals surface area contributed by atoms with Gasteiger partial charge in [0.15, 0.2) is 0 Å². The summed E-state index contributed by atoms with van der Waals surface area (Å²) in [4.78, 5) is 21.8. The Hall–Kier alpha value is -3.55. The number of carbonyl (C=O) groups excluding carboxylic acids is 1. The van der Waals surface area contributed by atoms with Crippen LogP contribution in [0.3, 0.4) is 0 Å². The third-order valence-corrected chi connectivity index (χ3v) is 4.83. The van der Waals surface area contributed by atoms with E-state index in [2.05, 4.69) is 20.4 Å². The number of anilines is 1. The molecule has 3 aromatic heterocycles. The van der Waals surface area contributed by atoms with Gasteiger partial charge in [-0.2, -0.15) is 0 Å². The molecule has 4 aromatic rings. The summed E-state index contributed by atoms with van der Waals surface area (Å²) in [5, 5.41) is 7.37. The van der Waals surface area contributed by atoms with Gasteiger partial charge in [-0.15, -0.1) is 0 Å². The van der Waals surface area contributed by atoms with E-state index in [-0.39, 0.29) is 17.6 Å². The number of nitrogens with one attached hydrogen (secondary N) is 1. The zero-order valence-electron chi connectivity index (χ0n) is 16.5. The summed E-state index contributed by atoms with van der Waals surface area (Å²) in [7, 11) is 1.79. The Morgan fingerprint density at radius 3 is 2.66 bits per heavy atom. The number of halogens is 1. The lowest BCUT2D eigenvalue weighted by Gasteiger charge is -2.10. The van der Waals surface area contributed by atoms with E-state index < -0.39 is 0 Å². The second kappa shape index (κ2) is 7.12. The van der Waals surface area contributed by atoms with Crippen molar-refractivity contribution in [3.05, 3.63) is 59.3 Å². The van der Waals surface area contributed by atoms with Crippen molar-refractivity contribution in [3.63, 3.8) is 0 Å². The normalized spacial score (nSPS) is 11.4. The number of rotatable bonds is 4. The predicted molar refractivity (Wildman–Crippen MR) is 107 cm³/mol. The highest BCUT2D eigenvalue weighted by molar-refractivity contribution is 6.12. The lowest BCUT2D eigenvalue weighted by atomic mass is 10.0. The van der Waals surface area contributed by atoms with Gasteiger partial charge in [-0.1, -0.05) is 19.0 Å². The second-order valence-corrected chi connectivity index (χ2v) is 7.18. The Labute approximate surface area is 166 Å². The molecule has 29 heavy (non-hydrogen) atoms. The van der Waals surface area contributed by atoms with Crippen molar-refractivity contribution in [2.75, 3.05) is 5.32 Å². The van der Waals surface area contributed by atoms with Gasteiger partial charge in [-0.25, -0.2) is 14.4 Å². The van der Waals surface area contributed by atoms with E-state index in [1.54, 1.807) is 42.9 Å². The molecular weight excluding hydrogens is 373 g/mol. The van der Waals surface area contributed by atoms with E-state index in [0.29, 0.717) is 28.3 Å². The Bertz CT molecular complexity index is 1210. The fraction of sp³-hybridized carbons (Fsp3) is 0.238. The summed E-state index contributed by atoms with van der Waals surface area (Å²) >= 11 is 0. The summed E-state index contributed by atoms with van der Waals surface area (Å²) in [5.41, 5.74) is 3.66. The van der Waals surface area contributed by atoms with Crippen LogP contribution >= 0.6 is 0 Å². The third kappa shape index (κ3) is 3.37. The maximum Gasteiger partial charge on any atom is 0.259 e. The number of aromatic nitrogens is 4. The van der Waals surface area contributed by atoms with E-state index >= 15 is 0 Å². The first kappa shape index (κ1) is 18.8. The van der Waals surface area contributed by atoms with Gasteiger partial charge in [0.1, 0.15) is 5.82 Å². The number of benzene rings is 1. The average Bonchev–Trinajstić information content (AvgIpc) is 3.25. The number of aryl methyl sites for hydroxylation is 1. The van der Waals surface area contributed by atoms with E-state index in [4.69, 9.17) is 4.52 Å². The topological polar surface area (TPSA) is 85.8 Å². The first-order valence-corrected chi connectivity index (χ1v) is 9.21. The predicted octanol–water partition coefficient (Wildman–Crippen LogP) is 4.45. The zero-order chi connectivity index (χ0) is 20.7. The van der Waals surface area contributed by atoms with Crippen LogP contribution in [0.4, 0.5) is 10.3 Å². The fourth-order valence-electron chi connectivity index (χ4n) is 3.17. The summed E-state index contributed by atoms with van der Waals surface area (Å²) < 4.78 is 20.2. The quantitative estimate of drug-likeness (QED) is 0.554. The minimum atomic E-state index is -0.329. The minimum Gasteiger partial charge on any atom is -0.336 e. The SMILES string of the molecule is Cc1noc2nc(C(C)C)cc(C(=O)Nc3ncc(-c4ccc(F)cc4)n3C)c12. The Morgan fingerprint density at radius 2 is 1.97 bits per heavy atom. The number of hydrogen-bond donors (Lipinski definition) is 1. The number of pyridine rings is 1. The van der Waals surface area contributed by atoms with Gasteiger partial charge in [0, 0.05) is 18.3 Å². The lowest BCUT2D eigenvalue weighted by molar-refractivity contribution is 0.102. The monoisotopic (exact) mass is 393 g/mol. The first-order chi connectivity index (χ1) is 13.8. The summed E-state index contributed by atoms with van der Waals surface area (Å²) in [6, 6.07) is 7.86. The zero-order valence-corrected chi connectivity index (χ0v) is 16.5. The van der Waals surface area contributed by atoms with Gasteiger partial charge in [0.2, 0.25) is 5.95 Å². The van der Waals surface area contributed by atoms with Crippen molar-refractivity contribution < 1.29 is 13.7 Å². The molecule has 0 saturated carbocycles. The van der Waals surface area contributed by atoms with Crippen molar-refractivity contribution >= 4 is 23.0 Å². The van der Waals surface area contributed by atoms with Crippen molar-refractivity contribution in [2.24, 2.45) is 7.05 Å². The highest BCUT2D eigenvalue weighted by Gasteiger charge is 2.21. The standard InChI is InChI=1S/C21H20FN5O2/c1-11(2)16-9-15(18-12(3)26-29-20(18)24-16)19(28)25-21-23-10-17(27(21)4)13-5-7-14(22)8-6-13/h5-11H,1-4H3,(H,23,25,28). The molecule has 0 atom stereocenters. The van der Waals surface area contributed by atoms with Crippen LogP contribution in [0.1, 0.15) is 41.5 Å². The molecule has 0 radical (unpaired) electrons. The molecule has 8 heteroatoms. The van der Waals surface area contributed by atoms with Crippen LogP contribution in [-0.2, 0) is 7.05 Å². The molecule has 7 nitrogen and oxygen atoms in total. The van der Waals surface area contributed by atoms with Gasteiger partial charge >= 0.3 is 0 Å². The molecule has 148 valence electrons. The first-order valence-electron chi connectivity index (χ1n) is 9.21. The van der Waals surface area contributed by atoms with E-state index in [0.717, 1.165) is 17.0 Å². The number of nitrogens with zero attached hydrogens (tertiary/aromatic N) is 4. The molecule has 0 fully saturated rings. The number of carbonyl (C=O) groups is 1. The maximum absolute atomic E-state index is 13.2. The fourth-order valence-corrected chi connectivity index (χ4v) is 3.17. The van der Waals surface area contributed by atoms with Crippen LogP contribution in [0.2, 0.25) is 0 Å². The highest BCUT2D eigenvalue weighted by Crippen LogP contribution is 2.27. The van der Waals surface area contributed by atoms with Crippen LogP contribution in [0, 0.1) is 12.7 Å². The molecule has 0 saturated heterocycles. The van der Waals surface area contributed by atoms with Crippen LogP contribution in [0.15, 0.2) is 41.1 Å². The molecule has 4 rings (SSSR count). The second-order valence-electron chi connectivity index (χ2n) is 7.18. The molecule has 0 bridgehead atoms. The molecule has 0 aliphatic carbocycles. The summed E-state index contributed by atoms with van der Waals surface area (Å²) in [5.74, 6) is -0.143. The number of imidazole rings is 1. The van der Waals surface area contributed by atoms with E-state index in [1.165, 1.54) is 12.1 Å². The molecule has 1 aromatic carbocycles. The minimum absolute atomic E-state index is 0.120. The highest BCUT2D eigenvalue weighted by atomic mass is 19.1. The van der Waals surface area contributed by atoms with Crippen LogP contribution in [0.5, 0.6) is 0 Å². The van der Waals surface area contributed by atoms with E-state index in [9.17, 15) is 9.18 Å².